The van der Waals surface area contributed by atoms with Crippen LogP contribution in [0.4, 0.5) is 0 Å². The van der Waals surface area contributed by atoms with Gasteiger partial charge in [-0.1, -0.05) is 224 Å². The maximum Gasteiger partial charge on any atom is -0.0354 e. The Morgan fingerprint density at radius 1 is 0.311 bits per heavy atom. The standard InChI is InChI=1S/C14H28.2C8H16.4C3H8.3CH4/c1-13(2,3)11-7-9-12(10-8-11)14(4,5)6;2*1-7-3-5-8(2)6-4-7;4*1-3-2;;;/h11-12H,7-10H2,1-6H3;2*7-8H,3-6H2,1-2H3;4*3H2,1-2H3;3*1H4. The van der Waals surface area contributed by atoms with Crippen LogP contribution in [0.5, 0.6) is 0 Å². The minimum absolute atomic E-state index is 0. The van der Waals surface area contributed by atoms with Crippen molar-refractivity contribution in [1.29, 1.82) is 0 Å². The van der Waals surface area contributed by atoms with Gasteiger partial charge in [-0.2, -0.15) is 0 Å². The maximum atomic E-state index is 2.40. The topological polar surface area (TPSA) is 0 Å². The first-order chi connectivity index (χ1) is 19.4. The van der Waals surface area contributed by atoms with Crippen LogP contribution in [0.2, 0.25) is 0 Å². The average Bonchev–Trinajstić information content (AvgIpc) is 2.89. The first kappa shape index (κ1) is 60.3. The molecule has 0 heteroatoms. The fraction of sp³-hybridized carbons (Fsp3) is 1.00. The van der Waals surface area contributed by atoms with E-state index in [0.29, 0.717) is 10.8 Å². The minimum Gasteiger partial charge on any atom is -0.0776 e. The maximum absolute atomic E-state index is 2.40. The van der Waals surface area contributed by atoms with Crippen LogP contribution in [0, 0.1) is 46.3 Å². The van der Waals surface area contributed by atoms with Crippen molar-refractivity contribution in [3.8, 4) is 0 Å². The third-order valence-electron chi connectivity index (χ3n) is 8.79. The second kappa shape index (κ2) is 38.4. The van der Waals surface area contributed by atoms with E-state index >= 15 is 0 Å². The molecule has 3 aliphatic carbocycles. The molecule has 3 aliphatic rings. The molecule has 0 atom stereocenters. The molecule has 0 bridgehead atoms. The molecule has 0 saturated heterocycles. The van der Waals surface area contributed by atoms with Crippen LogP contribution in [0.3, 0.4) is 0 Å². The van der Waals surface area contributed by atoms with Crippen LogP contribution in [-0.4, -0.2) is 0 Å². The van der Waals surface area contributed by atoms with Crippen LogP contribution in [0.15, 0.2) is 0 Å². The molecule has 0 aliphatic heterocycles. The quantitative estimate of drug-likeness (QED) is 0.246. The first-order valence-corrected chi connectivity index (χ1v) is 19.4. The molecule has 0 nitrogen and oxygen atoms in total. The highest BCUT2D eigenvalue weighted by Gasteiger charge is 2.34. The van der Waals surface area contributed by atoms with E-state index in [2.05, 4.69) is 125 Å². The molecule has 0 aromatic carbocycles. The Hall–Kier alpha value is 0. The summed E-state index contributed by atoms with van der Waals surface area (Å²) in [6.45, 7) is 40.9. The lowest BCUT2D eigenvalue weighted by Crippen LogP contribution is -2.30. The van der Waals surface area contributed by atoms with E-state index in [4.69, 9.17) is 0 Å². The molecule has 0 spiro atoms. The Labute approximate surface area is 295 Å². The fourth-order valence-corrected chi connectivity index (χ4v) is 5.68. The molecule has 0 amide bonds. The normalized spacial score (nSPS) is 25.2. The van der Waals surface area contributed by atoms with Crippen LogP contribution < -0.4 is 0 Å². The van der Waals surface area contributed by atoms with Crippen molar-refractivity contribution >= 4 is 0 Å². The van der Waals surface area contributed by atoms with Crippen molar-refractivity contribution in [2.24, 2.45) is 46.3 Å². The third-order valence-corrected chi connectivity index (χ3v) is 8.79. The minimum atomic E-state index is 0. The lowest BCUT2D eigenvalue weighted by atomic mass is 9.64. The summed E-state index contributed by atoms with van der Waals surface area (Å²) >= 11 is 0. The molecule has 45 heavy (non-hydrogen) atoms. The van der Waals surface area contributed by atoms with Gasteiger partial charge in [0.05, 0.1) is 0 Å². The second-order valence-electron chi connectivity index (χ2n) is 16.8. The zero-order valence-corrected chi connectivity index (χ0v) is 33.8. The highest BCUT2D eigenvalue weighted by Crippen LogP contribution is 2.45. The van der Waals surface area contributed by atoms with Crippen LogP contribution in [0.25, 0.3) is 0 Å². The Morgan fingerprint density at radius 2 is 0.422 bits per heavy atom. The molecule has 0 heterocycles. The number of rotatable bonds is 0. The van der Waals surface area contributed by atoms with Crippen LogP contribution in [0.1, 0.15) is 250 Å². The second-order valence-corrected chi connectivity index (χ2v) is 16.8. The average molecular weight is 645 g/mol. The van der Waals surface area contributed by atoms with Crippen molar-refractivity contribution in [2.75, 3.05) is 0 Å². The lowest BCUT2D eigenvalue weighted by Gasteiger charge is -2.41. The summed E-state index contributed by atoms with van der Waals surface area (Å²) in [5.74, 6) is 6.00. The van der Waals surface area contributed by atoms with Crippen LogP contribution >= 0.6 is 0 Å². The van der Waals surface area contributed by atoms with Crippen LogP contribution in [-0.2, 0) is 0 Å². The van der Waals surface area contributed by atoms with E-state index in [0.717, 1.165) is 35.5 Å². The van der Waals surface area contributed by atoms with Gasteiger partial charge in [-0.05, 0) is 72.0 Å². The van der Waals surface area contributed by atoms with Gasteiger partial charge in [-0.15, -0.1) is 0 Å². The summed E-state index contributed by atoms with van der Waals surface area (Å²) in [5, 5.41) is 0. The summed E-state index contributed by atoms with van der Waals surface area (Å²) in [4.78, 5) is 0. The molecule has 0 radical (unpaired) electrons. The summed E-state index contributed by atoms with van der Waals surface area (Å²) in [6, 6.07) is 0. The summed E-state index contributed by atoms with van der Waals surface area (Å²) in [7, 11) is 0. The summed E-state index contributed by atoms with van der Waals surface area (Å²) in [5.41, 5.74) is 1.06. The van der Waals surface area contributed by atoms with Crippen molar-refractivity contribution in [2.45, 2.75) is 250 Å². The first-order valence-electron chi connectivity index (χ1n) is 19.4. The smallest absolute Gasteiger partial charge is 0.0354 e. The van der Waals surface area contributed by atoms with E-state index in [1.54, 1.807) is 0 Å². The zero-order valence-electron chi connectivity index (χ0n) is 33.8. The highest BCUT2D eigenvalue weighted by molar-refractivity contribution is 4.84. The molecular weight excluding hydrogens is 540 g/mol. The van der Waals surface area contributed by atoms with Gasteiger partial charge in [-0.25, -0.2) is 0 Å². The van der Waals surface area contributed by atoms with E-state index in [9.17, 15) is 0 Å². The van der Waals surface area contributed by atoms with E-state index in [-0.39, 0.29) is 22.3 Å². The third kappa shape index (κ3) is 44.0. The molecule has 0 aromatic rings. The molecule has 3 rings (SSSR count). The van der Waals surface area contributed by atoms with Crippen molar-refractivity contribution < 1.29 is 0 Å². The molecule has 0 N–H and O–H groups in total. The SMILES string of the molecule is C.C.C.CC(C)(C)C1CCC(C(C)(C)C)CC1.CC1CCC(C)CC1.CC1CCC(C)CC1.CCC.CCC.CCC.CCC. The predicted molar refractivity (Wildman–Crippen MR) is 222 cm³/mol. The molecule has 3 saturated carbocycles. The molecule has 0 unspecified atom stereocenters. The monoisotopic (exact) mass is 645 g/mol. The molecule has 3 fully saturated rings. The van der Waals surface area contributed by atoms with Gasteiger partial charge in [0, 0.05) is 0 Å². The van der Waals surface area contributed by atoms with Gasteiger partial charge in [0.15, 0.2) is 0 Å². The number of hydrogen-bond donors (Lipinski definition) is 0. The van der Waals surface area contributed by atoms with Gasteiger partial charge < -0.3 is 0 Å². The predicted octanol–water partition coefficient (Wildman–Crippen LogP) is 18.1. The highest BCUT2D eigenvalue weighted by atomic mass is 14.4. The lowest BCUT2D eigenvalue weighted by molar-refractivity contribution is 0.0970. The Balaban J connectivity index is -0.0000000817. The molecule has 284 valence electrons. The van der Waals surface area contributed by atoms with E-state index in [1.165, 1.54) is 103 Å². The van der Waals surface area contributed by atoms with Gasteiger partial charge >= 0.3 is 0 Å². The van der Waals surface area contributed by atoms with Gasteiger partial charge in [0.2, 0.25) is 0 Å². The zero-order chi connectivity index (χ0) is 33.8. The Kier molecular flexibility index (Phi) is 51.5. The van der Waals surface area contributed by atoms with Gasteiger partial charge in [0.1, 0.15) is 0 Å². The molecular formula is C45H104. The summed E-state index contributed by atoms with van der Waals surface area (Å²) < 4.78 is 0. The summed E-state index contributed by atoms with van der Waals surface area (Å²) in [6.07, 6.45) is 22.6. The van der Waals surface area contributed by atoms with Gasteiger partial charge in [-0.3, -0.25) is 0 Å². The number of hydrogen-bond acceptors (Lipinski definition) is 0. The van der Waals surface area contributed by atoms with E-state index < -0.39 is 0 Å². The van der Waals surface area contributed by atoms with Crippen molar-refractivity contribution in [3.05, 3.63) is 0 Å². The largest absolute Gasteiger partial charge is 0.0776 e. The van der Waals surface area contributed by atoms with Crippen molar-refractivity contribution in [1.82, 2.24) is 0 Å². The van der Waals surface area contributed by atoms with Gasteiger partial charge in [0.25, 0.3) is 0 Å². The molecule has 0 aromatic heterocycles. The van der Waals surface area contributed by atoms with Crippen molar-refractivity contribution in [3.63, 3.8) is 0 Å². The Morgan fingerprint density at radius 3 is 0.511 bits per heavy atom. The van der Waals surface area contributed by atoms with E-state index in [1.807, 2.05) is 0 Å². The fourth-order valence-electron chi connectivity index (χ4n) is 5.68. The Bertz CT molecular complexity index is 395.